The highest BCUT2D eigenvalue weighted by Gasteiger charge is 2.22. The molecule has 0 saturated heterocycles. The van der Waals surface area contributed by atoms with Gasteiger partial charge < -0.3 is 10.1 Å². The Balaban J connectivity index is 1.99. The van der Waals surface area contributed by atoms with E-state index in [2.05, 4.69) is 5.32 Å². The molecule has 1 heterocycles. The van der Waals surface area contributed by atoms with E-state index in [1.165, 1.54) is 12.1 Å². The van der Waals surface area contributed by atoms with Crippen LogP contribution in [0.4, 0.5) is 10.1 Å². The summed E-state index contributed by atoms with van der Waals surface area (Å²) in [6.07, 6.45) is 1.40. The van der Waals surface area contributed by atoms with Crippen molar-refractivity contribution in [2.45, 2.75) is 6.92 Å². The van der Waals surface area contributed by atoms with E-state index in [1.807, 2.05) is 19.1 Å². The smallest absolute Gasteiger partial charge is 0.291 e. The van der Waals surface area contributed by atoms with Crippen LogP contribution in [-0.2, 0) is 4.79 Å². The largest absolute Gasteiger partial charge is 0.449 e. The second-order valence-electron chi connectivity index (χ2n) is 4.59. The van der Waals surface area contributed by atoms with Gasteiger partial charge in [0.25, 0.3) is 5.91 Å². The molecule has 20 heavy (non-hydrogen) atoms. The first-order valence-electron chi connectivity index (χ1n) is 6.19. The van der Waals surface area contributed by atoms with E-state index in [0.29, 0.717) is 17.0 Å². The minimum absolute atomic E-state index is 0.0754. The van der Waals surface area contributed by atoms with Gasteiger partial charge in [-0.2, -0.15) is 0 Å². The lowest BCUT2D eigenvalue weighted by Gasteiger charge is -2.20. The maximum Gasteiger partial charge on any atom is 0.291 e. The fourth-order valence-corrected chi connectivity index (χ4v) is 2.01. The SMILES string of the molecule is Cc1ccc2c(c1)NC(=O)/C(=C/c1ccccc1F)O2. The first-order valence-corrected chi connectivity index (χ1v) is 6.19. The van der Waals surface area contributed by atoms with Gasteiger partial charge >= 0.3 is 0 Å². The number of nitrogens with one attached hydrogen (secondary N) is 1. The molecule has 0 aromatic heterocycles. The van der Waals surface area contributed by atoms with Gasteiger partial charge in [-0.15, -0.1) is 0 Å². The molecule has 2 aromatic rings. The Morgan fingerprint density at radius 1 is 1.20 bits per heavy atom. The van der Waals surface area contributed by atoms with Crippen LogP contribution < -0.4 is 10.1 Å². The van der Waals surface area contributed by atoms with E-state index >= 15 is 0 Å². The van der Waals surface area contributed by atoms with Crippen molar-refractivity contribution >= 4 is 17.7 Å². The van der Waals surface area contributed by atoms with Crippen LogP contribution in [0.5, 0.6) is 5.75 Å². The Labute approximate surface area is 115 Å². The average Bonchev–Trinajstić information content (AvgIpc) is 2.42. The van der Waals surface area contributed by atoms with E-state index in [-0.39, 0.29) is 11.7 Å². The maximum absolute atomic E-state index is 13.6. The fourth-order valence-electron chi connectivity index (χ4n) is 2.01. The summed E-state index contributed by atoms with van der Waals surface area (Å²) in [6.45, 7) is 1.93. The summed E-state index contributed by atoms with van der Waals surface area (Å²) in [4.78, 5) is 12.0. The minimum Gasteiger partial charge on any atom is -0.449 e. The van der Waals surface area contributed by atoms with Gasteiger partial charge in [0.05, 0.1) is 5.69 Å². The topological polar surface area (TPSA) is 38.3 Å². The van der Waals surface area contributed by atoms with Crippen LogP contribution in [0.2, 0.25) is 0 Å². The molecule has 0 spiro atoms. The molecule has 2 aromatic carbocycles. The predicted molar refractivity (Wildman–Crippen MR) is 74.8 cm³/mol. The fraction of sp³-hybridized carbons (Fsp3) is 0.0625. The standard InChI is InChI=1S/C16H12FNO2/c1-10-6-7-14-13(8-10)18-16(19)15(20-14)9-11-4-2-3-5-12(11)17/h2-9H,1H3,(H,18,19)/b15-9-. The summed E-state index contributed by atoms with van der Waals surface area (Å²) < 4.78 is 19.1. The van der Waals surface area contributed by atoms with Gasteiger partial charge in [-0.3, -0.25) is 4.79 Å². The van der Waals surface area contributed by atoms with Gasteiger partial charge in [0.2, 0.25) is 0 Å². The number of aryl methyl sites for hydroxylation is 1. The van der Waals surface area contributed by atoms with Crippen molar-refractivity contribution in [3.05, 3.63) is 65.2 Å². The van der Waals surface area contributed by atoms with Crippen LogP contribution in [-0.4, -0.2) is 5.91 Å². The predicted octanol–water partition coefficient (Wildman–Crippen LogP) is 3.51. The van der Waals surface area contributed by atoms with Crippen molar-refractivity contribution in [3.8, 4) is 5.75 Å². The van der Waals surface area contributed by atoms with E-state index in [9.17, 15) is 9.18 Å². The van der Waals surface area contributed by atoms with Crippen molar-refractivity contribution in [1.82, 2.24) is 0 Å². The van der Waals surface area contributed by atoms with E-state index in [4.69, 9.17) is 4.74 Å². The Morgan fingerprint density at radius 3 is 2.80 bits per heavy atom. The number of ether oxygens (including phenoxy) is 1. The Kier molecular flexibility index (Phi) is 2.99. The minimum atomic E-state index is -0.397. The van der Waals surface area contributed by atoms with Crippen LogP contribution in [0.15, 0.2) is 48.2 Å². The molecule has 3 nitrogen and oxygen atoms in total. The summed E-state index contributed by atoms with van der Waals surface area (Å²) in [6, 6.07) is 11.7. The average molecular weight is 269 g/mol. The zero-order valence-electron chi connectivity index (χ0n) is 10.8. The van der Waals surface area contributed by atoms with E-state index < -0.39 is 5.82 Å². The van der Waals surface area contributed by atoms with Gasteiger partial charge in [0.1, 0.15) is 5.82 Å². The number of carbonyl (C=O) groups is 1. The zero-order chi connectivity index (χ0) is 14.1. The summed E-state index contributed by atoms with van der Waals surface area (Å²) in [5.41, 5.74) is 1.96. The molecule has 0 unspecified atom stereocenters. The molecule has 3 rings (SSSR count). The molecule has 1 aliphatic heterocycles. The molecule has 100 valence electrons. The highest BCUT2D eigenvalue weighted by atomic mass is 19.1. The lowest BCUT2D eigenvalue weighted by atomic mass is 10.1. The second-order valence-corrected chi connectivity index (χ2v) is 4.59. The number of hydrogen-bond acceptors (Lipinski definition) is 2. The monoisotopic (exact) mass is 269 g/mol. The van der Waals surface area contributed by atoms with Crippen molar-refractivity contribution in [2.75, 3.05) is 5.32 Å². The molecular formula is C16H12FNO2. The second kappa shape index (κ2) is 4.81. The number of carbonyl (C=O) groups excluding carboxylic acids is 1. The number of rotatable bonds is 1. The van der Waals surface area contributed by atoms with Crippen LogP contribution in [0.25, 0.3) is 6.08 Å². The third-order valence-corrected chi connectivity index (χ3v) is 3.02. The molecule has 0 bridgehead atoms. The zero-order valence-corrected chi connectivity index (χ0v) is 10.8. The first-order chi connectivity index (χ1) is 9.63. The normalized spacial score (nSPS) is 15.5. The Morgan fingerprint density at radius 2 is 2.00 bits per heavy atom. The summed E-state index contributed by atoms with van der Waals surface area (Å²) in [5, 5.41) is 2.74. The quantitative estimate of drug-likeness (QED) is 0.804. The van der Waals surface area contributed by atoms with E-state index in [0.717, 1.165) is 5.56 Å². The van der Waals surface area contributed by atoms with Crippen molar-refractivity contribution < 1.29 is 13.9 Å². The molecule has 4 heteroatoms. The van der Waals surface area contributed by atoms with Gasteiger partial charge in [-0.05, 0) is 36.8 Å². The first kappa shape index (κ1) is 12.4. The molecule has 0 fully saturated rings. The molecule has 0 atom stereocenters. The number of hydrogen-bond donors (Lipinski definition) is 1. The number of amides is 1. The number of halogens is 1. The van der Waals surface area contributed by atoms with Crippen LogP contribution >= 0.6 is 0 Å². The highest BCUT2D eigenvalue weighted by molar-refractivity contribution is 6.08. The lowest BCUT2D eigenvalue weighted by Crippen LogP contribution is -2.23. The molecule has 1 amide bonds. The molecule has 0 aliphatic carbocycles. The number of benzene rings is 2. The summed E-state index contributed by atoms with van der Waals surface area (Å²) >= 11 is 0. The number of fused-ring (bicyclic) bond motifs is 1. The van der Waals surface area contributed by atoms with Crippen molar-refractivity contribution in [3.63, 3.8) is 0 Å². The molecule has 1 aliphatic rings. The summed E-state index contributed by atoms with van der Waals surface area (Å²) in [5.74, 6) is -0.151. The molecule has 0 radical (unpaired) electrons. The van der Waals surface area contributed by atoms with Gasteiger partial charge in [-0.25, -0.2) is 4.39 Å². The van der Waals surface area contributed by atoms with Crippen LogP contribution in [0.1, 0.15) is 11.1 Å². The molecule has 0 saturated carbocycles. The third kappa shape index (κ3) is 2.28. The highest BCUT2D eigenvalue weighted by Crippen LogP contribution is 2.32. The third-order valence-electron chi connectivity index (χ3n) is 3.02. The lowest BCUT2D eigenvalue weighted by molar-refractivity contribution is -0.115. The molecule has 1 N–H and O–H groups in total. The van der Waals surface area contributed by atoms with Crippen LogP contribution in [0, 0.1) is 12.7 Å². The Bertz CT molecular complexity index is 722. The van der Waals surface area contributed by atoms with Gasteiger partial charge in [-0.1, -0.05) is 24.3 Å². The van der Waals surface area contributed by atoms with Gasteiger partial charge in [0, 0.05) is 5.56 Å². The van der Waals surface area contributed by atoms with E-state index in [1.54, 1.807) is 24.3 Å². The van der Waals surface area contributed by atoms with Crippen molar-refractivity contribution in [1.29, 1.82) is 0 Å². The maximum atomic E-state index is 13.6. The van der Waals surface area contributed by atoms with Crippen LogP contribution in [0.3, 0.4) is 0 Å². The summed E-state index contributed by atoms with van der Waals surface area (Å²) in [7, 11) is 0. The van der Waals surface area contributed by atoms with Crippen molar-refractivity contribution in [2.24, 2.45) is 0 Å². The molecular weight excluding hydrogens is 257 g/mol. The number of anilines is 1. The van der Waals surface area contributed by atoms with Gasteiger partial charge in [0.15, 0.2) is 11.5 Å². The Hall–Kier alpha value is -2.62.